The number of furan rings is 1. The van der Waals surface area contributed by atoms with E-state index in [1.165, 1.54) is 4.31 Å². The normalized spacial score (nSPS) is 11.2. The Morgan fingerprint density at radius 3 is 2.61 bits per heavy atom. The number of anilines is 1. The highest BCUT2D eigenvalue weighted by Gasteiger charge is 2.17. The third-order valence-electron chi connectivity index (χ3n) is 3.92. The van der Waals surface area contributed by atoms with Gasteiger partial charge in [-0.3, -0.25) is 9.10 Å². The third-order valence-corrected chi connectivity index (χ3v) is 6.09. The van der Waals surface area contributed by atoms with E-state index in [0.29, 0.717) is 24.4 Å². The Labute approximate surface area is 170 Å². The molecule has 1 amide bonds. The lowest BCUT2D eigenvalue weighted by atomic mass is 10.2. The summed E-state index contributed by atoms with van der Waals surface area (Å²) in [6.45, 7) is 0.810. The SMILES string of the molecule is COc1ccc(N(CCCC(=O)NCCSCc2ccco2)S(C)(=O)=O)cc1. The zero-order valence-corrected chi connectivity index (χ0v) is 17.7. The van der Waals surface area contributed by atoms with Crippen LogP contribution < -0.4 is 14.4 Å². The van der Waals surface area contributed by atoms with Gasteiger partial charge in [0.05, 0.1) is 31.1 Å². The minimum absolute atomic E-state index is 0.0817. The van der Waals surface area contributed by atoms with Gasteiger partial charge in [0.1, 0.15) is 11.5 Å². The largest absolute Gasteiger partial charge is 0.497 e. The minimum atomic E-state index is -3.43. The molecule has 1 N–H and O–H groups in total. The van der Waals surface area contributed by atoms with Crippen molar-refractivity contribution in [2.45, 2.75) is 18.6 Å². The molecule has 154 valence electrons. The van der Waals surface area contributed by atoms with Crippen LogP contribution in [-0.2, 0) is 20.6 Å². The van der Waals surface area contributed by atoms with Crippen molar-refractivity contribution < 1.29 is 22.4 Å². The smallest absolute Gasteiger partial charge is 0.232 e. The molecule has 28 heavy (non-hydrogen) atoms. The maximum atomic E-state index is 12.1. The molecule has 0 aliphatic carbocycles. The molecule has 0 atom stereocenters. The highest BCUT2D eigenvalue weighted by Crippen LogP contribution is 2.22. The van der Waals surface area contributed by atoms with E-state index in [9.17, 15) is 13.2 Å². The van der Waals surface area contributed by atoms with E-state index in [-0.39, 0.29) is 18.9 Å². The van der Waals surface area contributed by atoms with Crippen LogP contribution in [0.15, 0.2) is 47.1 Å². The highest BCUT2D eigenvalue weighted by molar-refractivity contribution is 7.98. The fourth-order valence-electron chi connectivity index (χ4n) is 2.54. The molecule has 7 nitrogen and oxygen atoms in total. The lowest BCUT2D eigenvalue weighted by Gasteiger charge is -2.22. The van der Waals surface area contributed by atoms with Crippen molar-refractivity contribution in [1.82, 2.24) is 5.32 Å². The molecule has 0 fully saturated rings. The zero-order chi connectivity index (χ0) is 20.4. The van der Waals surface area contributed by atoms with Gasteiger partial charge in [-0.1, -0.05) is 0 Å². The van der Waals surface area contributed by atoms with Gasteiger partial charge in [0.2, 0.25) is 15.9 Å². The fraction of sp³-hybridized carbons (Fsp3) is 0.421. The molecule has 0 spiro atoms. The third kappa shape index (κ3) is 7.47. The minimum Gasteiger partial charge on any atom is -0.497 e. The Kier molecular flexibility index (Phi) is 8.72. The molecule has 1 aromatic heterocycles. The molecule has 2 rings (SSSR count). The van der Waals surface area contributed by atoms with E-state index in [4.69, 9.17) is 9.15 Å². The Morgan fingerprint density at radius 1 is 1.25 bits per heavy atom. The summed E-state index contributed by atoms with van der Waals surface area (Å²) in [5.74, 6) is 3.04. The number of rotatable bonds is 12. The highest BCUT2D eigenvalue weighted by atomic mass is 32.2. The number of benzene rings is 1. The predicted octanol–water partition coefficient (Wildman–Crippen LogP) is 2.88. The summed E-state index contributed by atoms with van der Waals surface area (Å²) in [5, 5.41) is 2.86. The van der Waals surface area contributed by atoms with Gasteiger partial charge in [0.15, 0.2) is 0 Å². The van der Waals surface area contributed by atoms with Crippen LogP contribution in [-0.4, -0.2) is 46.5 Å². The number of nitrogens with one attached hydrogen (secondary N) is 1. The number of thioether (sulfide) groups is 1. The first-order valence-electron chi connectivity index (χ1n) is 8.89. The van der Waals surface area contributed by atoms with Gasteiger partial charge in [0.25, 0.3) is 0 Å². The van der Waals surface area contributed by atoms with Crippen molar-refractivity contribution in [2.24, 2.45) is 0 Å². The summed E-state index contributed by atoms with van der Waals surface area (Å²) in [6.07, 6.45) is 3.51. The molecular weight excluding hydrogens is 400 g/mol. The van der Waals surface area contributed by atoms with Crippen LogP contribution in [0.25, 0.3) is 0 Å². The Hall–Kier alpha value is -2.13. The summed E-state index contributed by atoms with van der Waals surface area (Å²) in [7, 11) is -1.88. The monoisotopic (exact) mass is 426 g/mol. The van der Waals surface area contributed by atoms with E-state index in [1.807, 2.05) is 12.1 Å². The molecule has 0 saturated carbocycles. The van der Waals surface area contributed by atoms with Crippen molar-refractivity contribution in [3.63, 3.8) is 0 Å². The molecule has 0 radical (unpaired) electrons. The van der Waals surface area contributed by atoms with E-state index in [2.05, 4.69) is 5.32 Å². The van der Waals surface area contributed by atoms with Crippen LogP contribution in [0.1, 0.15) is 18.6 Å². The van der Waals surface area contributed by atoms with Gasteiger partial charge in [-0.25, -0.2) is 8.42 Å². The Bertz CT molecular complexity index is 821. The first-order valence-corrected chi connectivity index (χ1v) is 11.9. The van der Waals surface area contributed by atoms with Crippen LogP contribution in [0, 0.1) is 0 Å². The number of nitrogens with zero attached hydrogens (tertiary/aromatic N) is 1. The van der Waals surface area contributed by atoms with Gasteiger partial charge in [0, 0.05) is 25.3 Å². The molecule has 0 aliphatic heterocycles. The summed E-state index contributed by atoms with van der Waals surface area (Å²) in [4.78, 5) is 12.0. The van der Waals surface area contributed by atoms with Gasteiger partial charge in [-0.05, 0) is 42.8 Å². The maximum absolute atomic E-state index is 12.1. The molecule has 0 unspecified atom stereocenters. The molecule has 0 saturated heterocycles. The van der Waals surface area contributed by atoms with Crippen LogP contribution >= 0.6 is 11.8 Å². The number of carbonyl (C=O) groups excluding carboxylic acids is 1. The van der Waals surface area contributed by atoms with Gasteiger partial charge >= 0.3 is 0 Å². The van der Waals surface area contributed by atoms with Crippen LogP contribution in [0.2, 0.25) is 0 Å². The molecule has 0 aliphatic rings. The van der Waals surface area contributed by atoms with Crippen molar-refractivity contribution in [1.29, 1.82) is 0 Å². The number of ether oxygens (including phenoxy) is 1. The number of methoxy groups -OCH3 is 1. The van der Waals surface area contributed by atoms with Crippen LogP contribution in [0.5, 0.6) is 5.75 Å². The fourth-order valence-corrected chi connectivity index (χ4v) is 4.26. The lowest BCUT2D eigenvalue weighted by molar-refractivity contribution is -0.121. The summed E-state index contributed by atoms with van der Waals surface area (Å²) in [5.41, 5.74) is 0.554. The summed E-state index contributed by atoms with van der Waals surface area (Å²) < 4.78 is 35.8. The second-order valence-corrected chi connectivity index (χ2v) is 9.13. The van der Waals surface area contributed by atoms with Gasteiger partial charge in [-0.2, -0.15) is 11.8 Å². The van der Waals surface area contributed by atoms with E-state index in [0.717, 1.165) is 23.5 Å². The van der Waals surface area contributed by atoms with Gasteiger partial charge in [-0.15, -0.1) is 0 Å². The van der Waals surface area contributed by atoms with E-state index >= 15 is 0 Å². The lowest BCUT2D eigenvalue weighted by Crippen LogP contribution is -2.32. The van der Waals surface area contributed by atoms with Crippen molar-refractivity contribution >= 4 is 33.4 Å². The van der Waals surface area contributed by atoms with Crippen LogP contribution in [0.4, 0.5) is 5.69 Å². The number of amides is 1. The number of sulfonamides is 1. The Morgan fingerprint density at radius 2 is 2.00 bits per heavy atom. The van der Waals surface area contributed by atoms with E-state index in [1.54, 1.807) is 49.4 Å². The zero-order valence-electron chi connectivity index (χ0n) is 16.1. The maximum Gasteiger partial charge on any atom is 0.232 e. The first kappa shape index (κ1) is 22.2. The quantitative estimate of drug-likeness (QED) is 0.525. The molecule has 9 heteroatoms. The average Bonchev–Trinajstić information content (AvgIpc) is 3.17. The first-order chi connectivity index (χ1) is 13.4. The molecule has 1 heterocycles. The molecule has 0 bridgehead atoms. The Balaban J connectivity index is 1.71. The summed E-state index contributed by atoms with van der Waals surface area (Å²) >= 11 is 1.68. The topological polar surface area (TPSA) is 88.8 Å². The second kappa shape index (κ2) is 11.0. The number of hydrogen-bond donors (Lipinski definition) is 1. The predicted molar refractivity (Wildman–Crippen MR) is 112 cm³/mol. The van der Waals surface area contributed by atoms with Crippen LogP contribution in [0.3, 0.4) is 0 Å². The van der Waals surface area contributed by atoms with Crippen molar-refractivity contribution in [3.8, 4) is 5.75 Å². The molecular formula is C19H26N2O5S2. The molecule has 2 aromatic rings. The number of carbonyl (C=O) groups is 1. The van der Waals surface area contributed by atoms with Crippen molar-refractivity contribution in [2.75, 3.05) is 36.5 Å². The summed E-state index contributed by atoms with van der Waals surface area (Å²) in [6, 6.07) is 10.6. The number of hydrogen-bond acceptors (Lipinski definition) is 6. The standard InChI is InChI=1S/C19H26N2O5S2/c1-25-17-9-7-16(8-10-17)21(28(2,23)24)12-3-6-19(22)20-11-14-27-15-18-5-4-13-26-18/h4-5,7-10,13H,3,6,11-12,14-15H2,1-2H3,(H,20,22). The van der Waals surface area contributed by atoms with E-state index < -0.39 is 10.0 Å². The second-order valence-electron chi connectivity index (χ2n) is 6.12. The average molecular weight is 427 g/mol. The molecule has 1 aromatic carbocycles. The van der Waals surface area contributed by atoms with Crippen molar-refractivity contribution in [3.05, 3.63) is 48.4 Å². The van der Waals surface area contributed by atoms with Gasteiger partial charge < -0.3 is 14.5 Å².